The third kappa shape index (κ3) is 5.04. The van der Waals surface area contributed by atoms with E-state index in [4.69, 9.17) is 4.74 Å². The summed E-state index contributed by atoms with van der Waals surface area (Å²) < 4.78 is 32.4. The highest BCUT2D eigenvalue weighted by Gasteiger charge is 2.34. The number of carbonyl (C=O) groups is 2. The first-order valence-electron chi connectivity index (χ1n) is 11.2. The van der Waals surface area contributed by atoms with Crippen molar-refractivity contribution in [1.29, 1.82) is 0 Å². The Hall–Kier alpha value is -2.91. The van der Waals surface area contributed by atoms with E-state index in [0.717, 1.165) is 24.5 Å². The van der Waals surface area contributed by atoms with Gasteiger partial charge in [0.1, 0.15) is 0 Å². The highest BCUT2D eigenvalue weighted by Crippen LogP contribution is 2.28. The van der Waals surface area contributed by atoms with Gasteiger partial charge < -0.3 is 15.0 Å². The molecule has 0 bridgehead atoms. The molecule has 4 rings (SSSR count). The van der Waals surface area contributed by atoms with Crippen LogP contribution in [0.4, 0.5) is 11.4 Å². The number of esters is 1. The maximum Gasteiger partial charge on any atom is 0.339 e. The summed E-state index contributed by atoms with van der Waals surface area (Å²) in [6, 6.07) is 13.9. The lowest BCUT2D eigenvalue weighted by molar-refractivity contribution is -0.120. The van der Waals surface area contributed by atoms with E-state index in [9.17, 15) is 18.0 Å². The number of sulfonamides is 1. The quantitative estimate of drug-likeness (QED) is 0.651. The molecular weight excluding hydrogens is 442 g/mol. The standard InChI is InChI=1S/C24H29N3O5S/c1-32-24(29)21-9-2-3-10-22(21)33(30,31)27-15-11-18(12-16-27)23(28)25-19-7-6-8-20(17-19)26-13-4-5-14-26/h2-3,6-10,17-18H,4-5,11-16H2,1H3,(H,25,28). The summed E-state index contributed by atoms with van der Waals surface area (Å²) in [4.78, 5) is 27.1. The van der Waals surface area contributed by atoms with Gasteiger partial charge in [-0.05, 0) is 56.0 Å². The zero-order chi connectivity index (χ0) is 23.4. The van der Waals surface area contributed by atoms with Crippen LogP contribution < -0.4 is 10.2 Å². The lowest BCUT2D eigenvalue weighted by Gasteiger charge is -2.31. The molecule has 0 aromatic heterocycles. The van der Waals surface area contributed by atoms with Gasteiger partial charge in [0.15, 0.2) is 0 Å². The molecule has 2 aromatic rings. The second kappa shape index (κ2) is 9.93. The minimum absolute atomic E-state index is 0.0118. The number of nitrogens with one attached hydrogen (secondary N) is 1. The minimum atomic E-state index is -3.88. The molecular formula is C24H29N3O5S. The first-order chi connectivity index (χ1) is 15.9. The topological polar surface area (TPSA) is 96.0 Å². The molecule has 0 unspecified atom stereocenters. The fourth-order valence-corrected chi connectivity index (χ4v) is 6.12. The molecule has 0 radical (unpaired) electrons. The van der Waals surface area contributed by atoms with Gasteiger partial charge in [0, 0.05) is 43.5 Å². The summed E-state index contributed by atoms with van der Waals surface area (Å²) in [6.07, 6.45) is 3.19. The molecule has 2 aliphatic heterocycles. The maximum absolute atomic E-state index is 13.2. The van der Waals surface area contributed by atoms with Crippen molar-refractivity contribution in [2.45, 2.75) is 30.6 Å². The number of carbonyl (C=O) groups excluding carboxylic acids is 2. The Bertz CT molecular complexity index is 1120. The lowest BCUT2D eigenvalue weighted by atomic mass is 9.97. The zero-order valence-electron chi connectivity index (χ0n) is 18.7. The van der Waals surface area contributed by atoms with E-state index in [0.29, 0.717) is 12.8 Å². The number of nitrogens with zero attached hydrogens (tertiary/aromatic N) is 2. The van der Waals surface area contributed by atoms with Gasteiger partial charge in [-0.2, -0.15) is 4.31 Å². The average molecular weight is 472 g/mol. The van der Waals surface area contributed by atoms with Crippen LogP contribution in [0.5, 0.6) is 0 Å². The van der Waals surface area contributed by atoms with Gasteiger partial charge >= 0.3 is 5.97 Å². The lowest BCUT2D eigenvalue weighted by Crippen LogP contribution is -2.41. The van der Waals surface area contributed by atoms with Gasteiger partial charge in [-0.3, -0.25) is 4.79 Å². The second-order valence-corrected chi connectivity index (χ2v) is 10.3. The Morgan fingerprint density at radius 1 is 0.970 bits per heavy atom. The molecule has 2 aromatic carbocycles. The largest absolute Gasteiger partial charge is 0.465 e. The normalized spacial score (nSPS) is 17.7. The molecule has 0 spiro atoms. The summed E-state index contributed by atoms with van der Waals surface area (Å²) in [5, 5.41) is 3.00. The van der Waals surface area contributed by atoms with E-state index >= 15 is 0 Å². The first kappa shape index (κ1) is 23.3. The smallest absolute Gasteiger partial charge is 0.339 e. The Labute approximate surface area is 194 Å². The van der Waals surface area contributed by atoms with Crippen LogP contribution in [-0.2, 0) is 19.6 Å². The Morgan fingerprint density at radius 2 is 1.67 bits per heavy atom. The van der Waals surface area contributed by atoms with Crippen LogP contribution in [0, 0.1) is 5.92 Å². The number of hydrogen-bond acceptors (Lipinski definition) is 6. The number of piperidine rings is 1. The van der Waals surface area contributed by atoms with Crippen molar-refractivity contribution in [3.05, 3.63) is 54.1 Å². The number of anilines is 2. The third-order valence-electron chi connectivity index (χ3n) is 6.32. The van der Waals surface area contributed by atoms with Crippen molar-refractivity contribution in [3.63, 3.8) is 0 Å². The Morgan fingerprint density at radius 3 is 2.36 bits per heavy atom. The number of methoxy groups -OCH3 is 1. The maximum atomic E-state index is 13.2. The average Bonchev–Trinajstić information content (AvgIpc) is 3.39. The first-order valence-corrected chi connectivity index (χ1v) is 12.7. The predicted molar refractivity (Wildman–Crippen MR) is 126 cm³/mol. The fraction of sp³-hybridized carbons (Fsp3) is 0.417. The van der Waals surface area contributed by atoms with Gasteiger partial charge in [-0.25, -0.2) is 13.2 Å². The minimum Gasteiger partial charge on any atom is -0.465 e. The fourth-order valence-electron chi connectivity index (χ4n) is 4.47. The molecule has 176 valence electrons. The van der Waals surface area contributed by atoms with E-state index in [1.54, 1.807) is 12.1 Å². The van der Waals surface area contributed by atoms with Crippen molar-refractivity contribution >= 4 is 33.3 Å². The van der Waals surface area contributed by atoms with E-state index in [1.807, 2.05) is 18.2 Å². The van der Waals surface area contributed by atoms with Crippen LogP contribution in [0.25, 0.3) is 0 Å². The monoisotopic (exact) mass is 471 g/mol. The van der Waals surface area contributed by atoms with E-state index in [1.165, 1.54) is 36.4 Å². The molecule has 9 heteroatoms. The molecule has 0 saturated carbocycles. The molecule has 0 aliphatic carbocycles. The van der Waals surface area contributed by atoms with Gasteiger partial charge in [0.05, 0.1) is 17.6 Å². The van der Waals surface area contributed by atoms with Crippen molar-refractivity contribution in [2.24, 2.45) is 5.92 Å². The molecule has 33 heavy (non-hydrogen) atoms. The van der Waals surface area contributed by atoms with Crippen LogP contribution in [-0.4, -0.2) is 57.9 Å². The van der Waals surface area contributed by atoms with E-state index in [-0.39, 0.29) is 35.4 Å². The molecule has 1 N–H and O–H groups in total. The van der Waals surface area contributed by atoms with Crippen LogP contribution in [0.3, 0.4) is 0 Å². The Balaban J connectivity index is 1.39. The summed E-state index contributed by atoms with van der Waals surface area (Å²) in [5.74, 6) is -1.07. The molecule has 0 atom stereocenters. The number of ether oxygens (including phenoxy) is 1. The van der Waals surface area contributed by atoms with Gasteiger partial charge in [0.2, 0.25) is 15.9 Å². The van der Waals surface area contributed by atoms with E-state index < -0.39 is 16.0 Å². The summed E-state index contributed by atoms with van der Waals surface area (Å²) in [5.41, 5.74) is 1.87. The van der Waals surface area contributed by atoms with Crippen LogP contribution in [0.2, 0.25) is 0 Å². The highest BCUT2D eigenvalue weighted by molar-refractivity contribution is 7.89. The predicted octanol–water partition coefficient (Wildman–Crippen LogP) is 3.11. The van der Waals surface area contributed by atoms with Gasteiger partial charge in [-0.1, -0.05) is 18.2 Å². The van der Waals surface area contributed by atoms with Crippen molar-refractivity contribution in [3.8, 4) is 0 Å². The summed E-state index contributed by atoms with van der Waals surface area (Å²) in [6.45, 7) is 2.49. The zero-order valence-corrected chi connectivity index (χ0v) is 19.5. The molecule has 2 fully saturated rings. The number of rotatable bonds is 6. The van der Waals surface area contributed by atoms with Crippen molar-refractivity contribution in [1.82, 2.24) is 4.31 Å². The Kier molecular flexibility index (Phi) is 6.99. The van der Waals surface area contributed by atoms with Crippen LogP contribution in [0.1, 0.15) is 36.0 Å². The van der Waals surface area contributed by atoms with E-state index in [2.05, 4.69) is 16.3 Å². The summed E-state index contributed by atoms with van der Waals surface area (Å²) >= 11 is 0. The SMILES string of the molecule is COC(=O)c1ccccc1S(=O)(=O)N1CCC(C(=O)Nc2cccc(N3CCCC3)c2)CC1. The molecule has 8 nitrogen and oxygen atoms in total. The van der Waals surface area contributed by atoms with Crippen LogP contribution >= 0.6 is 0 Å². The molecule has 2 saturated heterocycles. The molecule has 2 heterocycles. The second-order valence-electron chi connectivity index (χ2n) is 8.40. The van der Waals surface area contributed by atoms with Gasteiger partial charge in [0.25, 0.3) is 0 Å². The van der Waals surface area contributed by atoms with Gasteiger partial charge in [-0.15, -0.1) is 0 Å². The van der Waals surface area contributed by atoms with Crippen LogP contribution in [0.15, 0.2) is 53.4 Å². The summed E-state index contributed by atoms with van der Waals surface area (Å²) in [7, 11) is -2.66. The molecule has 2 aliphatic rings. The molecule has 1 amide bonds. The third-order valence-corrected chi connectivity index (χ3v) is 8.28. The number of benzene rings is 2. The number of hydrogen-bond donors (Lipinski definition) is 1. The highest BCUT2D eigenvalue weighted by atomic mass is 32.2. The van der Waals surface area contributed by atoms with Crippen molar-refractivity contribution in [2.75, 3.05) is 43.5 Å². The van der Waals surface area contributed by atoms with Crippen molar-refractivity contribution < 1.29 is 22.7 Å². The number of amides is 1.